The lowest BCUT2D eigenvalue weighted by Crippen LogP contribution is -2.41. The highest BCUT2D eigenvalue weighted by Gasteiger charge is 2.22. The molecule has 1 aromatic carbocycles. The zero-order valence-electron chi connectivity index (χ0n) is 11.5. The Morgan fingerprint density at radius 1 is 1.33 bits per heavy atom. The van der Waals surface area contributed by atoms with Crippen LogP contribution in [0.2, 0.25) is 0 Å². The van der Waals surface area contributed by atoms with Crippen LogP contribution < -0.4 is 10.6 Å². The van der Waals surface area contributed by atoms with Gasteiger partial charge < -0.3 is 20.2 Å². The van der Waals surface area contributed by atoms with Crippen molar-refractivity contribution in [3.8, 4) is 0 Å². The Balaban J connectivity index is 0.00000161. The molecule has 0 saturated carbocycles. The summed E-state index contributed by atoms with van der Waals surface area (Å²) in [5, 5.41) is 4.05. The molecule has 21 heavy (non-hydrogen) atoms. The molecular formula is C14H18ClN3O3. The van der Waals surface area contributed by atoms with Crippen LogP contribution in [0.3, 0.4) is 0 Å². The number of rotatable bonds is 3. The summed E-state index contributed by atoms with van der Waals surface area (Å²) in [6.07, 6.45) is 0.706. The van der Waals surface area contributed by atoms with E-state index in [9.17, 15) is 4.79 Å². The molecule has 114 valence electrons. The molecule has 1 amide bonds. The molecule has 0 spiro atoms. The number of ether oxygens (including phenoxy) is 1. The van der Waals surface area contributed by atoms with Crippen LogP contribution in [0.1, 0.15) is 12.0 Å². The van der Waals surface area contributed by atoms with Crippen molar-refractivity contribution in [3.63, 3.8) is 0 Å². The number of nitrogens with two attached hydrogens (primary N) is 1. The van der Waals surface area contributed by atoms with Gasteiger partial charge in [0.05, 0.1) is 12.3 Å². The maximum absolute atomic E-state index is 11.8. The van der Waals surface area contributed by atoms with Gasteiger partial charge in [0, 0.05) is 25.2 Å². The average Bonchev–Trinajstić information content (AvgIpc) is 2.97. The van der Waals surface area contributed by atoms with E-state index in [4.69, 9.17) is 15.3 Å². The molecule has 1 atom stereocenters. The molecule has 2 aliphatic heterocycles. The molecule has 1 saturated heterocycles. The van der Waals surface area contributed by atoms with Crippen molar-refractivity contribution in [1.82, 2.24) is 0 Å². The van der Waals surface area contributed by atoms with Gasteiger partial charge in [-0.25, -0.2) is 0 Å². The number of nitrogens with zero attached hydrogens (tertiary/aromatic N) is 2. The van der Waals surface area contributed by atoms with Crippen molar-refractivity contribution in [2.45, 2.75) is 12.5 Å². The number of hydrogen-bond acceptors (Lipinski definition) is 5. The van der Waals surface area contributed by atoms with Gasteiger partial charge in [-0.05, 0) is 17.7 Å². The highest BCUT2D eigenvalue weighted by atomic mass is 35.5. The molecule has 0 aromatic heterocycles. The first-order valence-corrected chi connectivity index (χ1v) is 6.69. The second-order valence-electron chi connectivity index (χ2n) is 4.85. The van der Waals surface area contributed by atoms with Gasteiger partial charge in [0.1, 0.15) is 12.7 Å². The first-order valence-electron chi connectivity index (χ1n) is 6.69. The maximum atomic E-state index is 11.8. The molecule has 7 heteroatoms. The Labute approximate surface area is 129 Å². The van der Waals surface area contributed by atoms with Gasteiger partial charge in [-0.2, -0.15) is 0 Å². The Morgan fingerprint density at radius 3 is 2.71 bits per heavy atom. The summed E-state index contributed by atoms with van der Waals surface area (Å²) in [6, 6.07) is 7.77. The van der Waals surface area contributed by atoms with Gasteiger partial charge in [0.25, 0.3) is 5.91 Å². The fourth-order valence-corrected chi connectivity index (χ4v) is 2.35. The number of benzene rings is 1. The predicted molar refractivity (Wildman–Crippen MR) is 81.9 cm³/mol. The quantitative estimate of drug-likeness (QED) is 0.900. The summed E-state index contributed by atoms with van der Waals surface area (Å²) in [5.74, 6) is -0.00580. The minimum atomic E-state index is -0.0227. The largest absolute Gasteiger partial charge is 0.390 e. The highest BCUT2D eigenvalue weighted by Crippen LogP contribution is 2.21. The van der Waals surface area contributed by atoms with E-state index in [0.29, 0.717) is 19.7 Å². The molecule has 3 rings (SSSR count). The number of amides is 1. The lowest BCUT2D eigenvalue weighted by molar-refractivity contribution is -0.125. The van der Waals surface area contributed by atoms with Crippen LogP contribution in [0, 0.1) is 0 Å². The van der Waals surface area contributed by atoms with E-state index in [0.717, 1.165) is 23.4 Å². The summed E-state index contributed by atoms with van der Waals surface area (Å²) in [5.41, 5.74) is 8.35. The van der Waals surface area contributed by atoms with E-state index in [1.54, 1.807) is 4.90 Å². The summed E-state index contributed by atoms with van der Waals surface area (Å²) in [7, 11) is 0. The number of halogens is 1. The van der Waals surface area contributed by atoms with Gasteiger partial charge in [0.15, 0.2) is 0 Å². The van der Waals surface area contributed by atoms with E-state index < -0.39 is 0 Å². The van der Waals surface area contributed by atoms with Crippen LogP contribution in [0.4, 0.5) is 5.69 Å². The first kappa shape index (κ1) is 15.8. The molecular weight excluding hydrogens is 294 g/mol. The number of carbonyl (C=O) groups excluding carboxylic acids is 1. The van der Waals surface area contributed by atoms with Gasteiger partial charge in [0.2, 0.25) is 0 Å². The van der Waals surface area contributed by atoms with Crippen molar-refractivity contribution < 1.29 is 14.4 Å². The third-order valence-corrected chi connectivity index (χ3v) is 3.49. The van der Waals surface area contributed by atoms with Gasteiger partial charge in [-0.1, -0.05) is 17.3 Å². The topological polar surface area (TPSA) is 77.1 Å². The Hall–Kier alpha value is -1.63. The third kappa shape index (κ3) is 3.34. The van der Waals surface area contributed by atoms with E-state index in [-0.39, 0.29) is 31.0 Å². The average molecular weight is 312 g/mol. The van der Waals surface area contributed by atoms with Crippen molar-refractivity contribution >= 4 is 29.7 Å². The molecule has 1 fully saturated rings. The number of morpholine rings is 1. The standard InChI is InChI=1S/C14H17N3O3.ClH/c15-8-12-7-13(16-20-12)10-1-3-11(4-2-10)17-5-6-19-9-14(17)18;/h1-4,12H,5-9,15H2;1H/t12-;/m0./s1. The number of anilines is 1. The molecule has 6 nitrogen and oxygen atoms in total. The van der Waals surface area contributed by atoms with Gasteiger partial charge in [-0.3, -0.25) is 4.79 Å². The summed E-state index contributed by atoms with van der Waals surface area (Å²) in [4.78, 5) is 18.7. The lowest BCUT2D eigenvalue weighted by atomic mass is 10.0. The Kier molecular flexibility index (Phi) is 5.17. The number of carbonyl (C=O) groups is 1. The predicted octanol–water partition coefficient (Wildman–Crippen LogP) is 0.923. The smallest absolute Gasteiger partial charge is 0.253 e. The molecule has 0 aliphatic carbocycles. The summed E-state index contributed by atoms with van der Waals surface area (Å²) in [6.45, 7) is 1.79. The third-order valence-electron chi connectivity index (χ3n) is 3.49. The normalized spacial score (nSPS) is 21.6. The van der Waals surface area contributed by atoms with Crippen LogP contribution in [-0.2, 0) is 14.4 Å². The molecule has 2 heterocycles. The van der Waals surface area contributed by atoms with Crippen LogP contribution in [-0.4, -0.2) is 44.0 Å². The molecule has 2 N–H and O–H groups in total. The fourth-order valence-electron chi connectivity index (χ4n) is 2.35. The summed E-state index contributed by atoms with van der Waals surface area (Å²) < 4.78 is 5.12. The highest BCUT2D eigenvalue weighted by molar-refractivity contribution is 6.02. The van der Waals surface area contributed by atoms with Crippen LogP contribution in [0.5, 0.6) is 0 Å². The van der Waals surface area contributed by atoms with E-state index in [2.05, 4.69) is 5.16 Å². The van der Waals surface area contributed by atoms with Crippen molar-refractivity contribution in [1.29, 1.82) is 0 Å². The zero-order valence-corrected chi connectivity index (χ0v) is 12.3. The second kappa shape index (κ2) is 6.89. The first-order chi connectivity index (χ1) is 9.78. The Bertz CT molecular complexity index is 533. The van der Waals surface area contributed by atoms with E-state index >= 15 is 0 Å². The van der Waals surface area contributed by atoms with Crippen molar-refractivity contribution in [3.05, 3.63) is 29.8 Å². The maximum Gasteiger partial charge on any atom is 0.253 e. The van der Waals surface area contributed by atoms with Crippen LogP contribution in [0.25, 0.3) is 0 Å². The van der Waals surface area contributed by atoms with Gasteiger partial charge in [-0.15, -0.1) is 12.4 Å². The number of oxime groups is 1. The summed E-state index contributed by atoms with van der Waals surface area (Å²) >= 11 is 0. The zero-order chi connectivity index (χ0) is 13.9. The Morgan fingerprint density at radius 2 is 2.10 bits per heavy atom. The van der Waals surface area contributed by atoms with Crippen molar-refractivity contribution in [2.24, 2.45) is 10.9 Å². The fraction of sp³-hybridized carbons (Fsp3) is 0.429. The molecule has 0 unspecified atom stereocenters. The number of hydrogen-bond donors (Lipinski definition) is 1. The van der Waals surface area contributed by atoms with Crippen molar-refractivity contribution in [2.75, 3.05) is 31.2 Å². The minimum absolute atomic E-state index is 0. The minimum Gasteiger partial charge on any atom is -0.390 e. The molecule has 0 bridgehead atoms. The second-order valence-corrected chi connectivity index (χ2v) is 4.85. The van der Waals surface area contributed by atoms with Crippen LogP contribution >= 0.6 is 12.4 Å². The molecule has 2 aliphatic rings. The van der Waals surface area contributed by atoms with Crippen LogP contribution in [0.15, 0.2) is 29.4 Å². The van der Waals surface area contributed by atoms with E-state index in [1.807, 2.05) is 24.3 Å². The van der Waals surface area contributed by atoms with Gasteiger partial charge >= 0.3 is 0 Å². The molecule has 0 radical (unpaired) electrons. The lowest BCUT2D eigenvalue weighted by Gasteiger charge is -2.26. The molecule has 1 aromatic rings. The SMILES string of the molecule is Cl.NC[C@@H]1CC(c2ccc(N3CCOCC3=O)cc2)=NO1. The van der Waals surface area contributed by atoms with E-state index in [1.165, 1.54) is 0 Å². The monoisotopic (exact) mass is 311 g/mol.